The van der Waals surface area contributed by atoms with Crippen LogP contribution >= 0.6 is 15.9 Å². The van der Waals surface area contributed by atoms with E-state index in [9.17, 15) is 9.18 Å². The van der Waals surface area contributed by atoms with Crippen molar-refractivity contribution in [1.82, 2.24) is 14.8 Å². The number of carbonyl (C=O) groups is 1. The van der Waals surface area contributed by atoms with Crippen LogP contribution in [-0.4, -0.2) is 20.7 Å². The average Bonchev–Trinajstić information content (AvgIpc) is 2.75. The minimum Gasteiger partial charge on any atom is -0.322 e. The summed E-state index contributed by atoms with van der Waals surface area (Å²) < 4.78 is 15.4. The van der Waals surface area contributed by atoms with Crippen LogP contribution in [0.3, 0.4) is 0 Å². The third kappa shape index (κ3) is 3.10. The van der Waals surface area contributed by atoms with E-state index in [4.69, 9.17) is 0 Å². The minimum atomic E-state index is -0.494. The van der Waals surface area contributed by atoms with Gasteiger partial charge < -0.3 is 5.32 Å². The summed E-state index contributed by atoms with van der Waals surface area (Å²) in [6.45, 7) is -0.00446. The van der Waals surface area contributed by atoms with Gasteiger partial charge in [-0.3, -0.25) is 4.79 Å². The van der Waals surface area contributed by atoms with Crippen molar-refractivity contribution in [2.75, 3.05) is 5.32 Å². The highest BCUT2D eigenvalue weighted by Crippen LogP contribution is 2.19. The lowest BCUT2D eigenvalue weighted by Crippen LogP contribution is -2.19. The standard InChI is InChI=1S/C10H8BrFN4O/c11-7-1-2-9(8(12)3-7)15-10(17)4-16-6-13-5-14-16/h1-3,5-6H,4H2,(H,15,17). The summed E-state index contributed by atoms with van der Waals surface area (Å²) in [5.41, 5.74) is 0.137. The molecule has 0 unspecified atom stereocenters. The molecule has 0 bridgehead atoms. The Morgan fingerprint density at radius 2 is 2.35 bits per heavy atom. The fourth-order valence-electron chi connectivity index (χ4n) is 1.24. The van der Waals surface area contributed by atoms with E-state index >= 15 is 0 Å². The molecule has 1 aromatic carbocycles. The van der Waals surface area contributed by atoms with Gasteiger partial charge in [-0.05, 0) is 18.2 Å². The van der Waals surface area contributed by atoms with Crippen LogP contribution in [-0.2, 0) is 11.3 Å². The number of benzene rings is 1. The Morgan fingerprint density at radius 1 is 1.53 bits per heavy atom. The van der Waals surface area contributed by atoms with Gasteiger partial charge in [0.2, 0.25) is 5.91 Å². The first kappa shape index (κ1) is 11.7. The molecular formula is C10H8BrFN4O. The van der Waals surface area contributed by atoms with Crippen LogP contribution in [0.1, 0.15) is 0 Å². The van der Waals surface area contributed by atoms with Crippen LogP contribution < -0.4 is 5.32 Å². The Bertz CT molecular complexity index is 529. The zero-order chi connectivity index (χ0) is 12.3. The summed E-state index contributed by atoms with van der Waals surface area (Å²) in [4.78, 5) is 15.2. The number of amides is 1. The quantitative estimate of drug-likeness (QED) is 0.940. The van der Waals surface area contributed by atoms with Crippen molar-refractivity contribution >= 4 is 27.5 Å². The Labute approximate surface area is 105 Å². The van der Waals surface area contributed by atoms with Crippen molar-refractivity contribution in [3.8, 4) is 0 Å². The number of rotatable bonds is 3. The van der Waals surface area contributed by atoms with Crippen LogP contribution in [0.2, 0.25) is 0 Å². The molecule has 1 heterocycles. The van der Waals surface area contributed by atoms with E-state index < -0.39 is 5.82 Å². The first-order valence-electron chi connectivity index (χ1n) is 4.72. The normalized spacial score (nSPS) is 10.2. The Hall–Kier alpha value is -1.76. The van der Waals surface area contributed by atoms with Crippen molar-refractivity contribution in [3.05, 3.63) is 41.1 Å². The van der Waals surface area contributed by atoms with Crippen molar-refractivity contribution in [3.63, 3.8) is 0 Å². The van der Waals surface area contributed by atoms with Crippen molar-refractivity contribution in [2.24, 2.45) is 0 Å². The summed E-state index contributed by atoms with van der Waals surface area (Å²) >= 11 is 3.14. The maximum Gasteiger partial charge on any atom is 0.246 e. The van der Waals surface area contributed by atoms with E-state index in [1.807, 2.05) is 0 Å². The molecule has 2 aromatic rings. The number of halogens is 2. The molecule has 7 heteroatoms. The molecule has 0 atom stereocenters. The van der Waals surface area contributed by atoms with Crippen LogP contribution in [0.25, 0.3) is 0 Å². The second-order valence-corrected chi connectivity index (χ2v) is 4.18. The van der Waals surface area contributed by atoms with Gasteiger partial charge in [0.15, 0.2) is 0 Å². The SMILES string of the molecule is O=C(Cn1cncn1)Nc1ccc(Br)cc1F. The summed E-state index contributed by atoms with van der Waals surface area (Å²) in [7, 11) is 0. The smallest absolute Gasteiger partial charge is 0.246 e. The predicted molar refractivity (Wildman–Crippen MR) is 62.8 cm³/mol. The van der Waals surface area contributed by atoms with Gasteiger partial charge in [-0.2, -0.15) is 5.10 Å². The van der Waals surface area contributed by atoms with E-state index in [1.54, 1.807) is 6.07 Å². The van der Waals surface area contributed by atoms with Crippen molar-refractivity contribution < 1.29 is 9.18 Å². The second-order valence-electron chi connectivity index (χ2n) is 3.27. The van der Waals surface area contributed by atoms with Gasteiger partial charge in [-0.15, -0.1) is 0 Å². The molecule has 88 valence electrons. The molecule has 1 amide bonds. The largest absolute Gasteiger partial charge is 0.322 e. The van der Waals surface area contributed by atoms with Crippen LogP contribution in [0.15, 0.2) is 35.3 Å². The number of nitrogens with one attached hydrogen (secondary N) is 1. The summed E-state index contributed by atoms with van der Waals surface area (Å²) in [6, 6.07) is 4.41. The molecule has 0 aliphatic rings. The highest BCUT2D eigenvalue weighted by atomic mass is 79.9. The van der Waals surface area contributed by atoms with Gasteiger partial charge in [0.25, 0.3) is 0 Å². The van der Waals surface area contributed by atoms with Crippen molar-refractivity contribution in [1.29, 1.82) is 0 Å². The van der Waals surface area contributed by atoms with Gasteiger partial charge in [0.1, 0.15) is 25.0 Å². The highest BCUT2D eigenvalue weighted by Gasteiger charge is 2.08. The molecule has 0 spiro atoms. The summed E-state index contributed by atoms with van der Waals surface area (Å²) in [6.07, 6.45) is 2.74. The molecule has 0 saturated heterocycles. The molecule has 0 saturated carbocycles. The molecule has 0 fully saturated rings. The third-order valence-corrected chi connectivity index (χ3v) is 2.47. The Kier molecular flexibility index (Phi) is 3.48. The first-order valence-corrected chi connectivity index (χ1v) is 5.52. The van der Waals surface area contributed by atoms with E-state index in [1.165, 1.54) is 29.5 Å². The lowest BCUT2D eigenvalue weighted by Gasteiger charge is -2.06. The molecule has 0 aliphatic heterocycles. The number of anilines is 1. The maximum atomic E-state index is 13.4. The van der Waals surface area contributed by atoms with Gasteiger partial charge in [-0.25, -0.2) is 14.1 Å². The molecule has 2 rings (SSSR count). The minimum absolute atomic E-state index is 0.00446. The van der Waals surface area contributed by atoms with Crippen LogP contribution in [0.5, 0.6) is 0 Å². The van der Waals surface area contributed by atoms with Crippen molar-refractivity contribution in [2.45, 2.75) is 6.54 Å². The lowest BCUT2D eigenvalue weighted by molar-refractivity contribution is -0.116. The number of carbonyl (C=O) groups excluding carboxylic acids is 1. The second kappa shape index (κ2) is 5.05. The molecule has 1 aromatic heterocycles. The molecule has 17 heavy (non-hydrogen) atoms. The van der Waals surface area contributed by atoms with E-state index in [0.717, 1.165) is 0 Å². The highest BCUT2D eigenvalue weighted by molar-refractivity contribution is 9.10. The Balaban J connectivity index is 2.03. The maximum absolute atomic E-state index is 13.4. The molecular weight excluding hydrogens is 291 g/mol. The summed E-state index contributed by atoms with van der Waals surface area (Å²) in [5, 5.41) is 6.23. The van der Waals surface area contributed by atoms with Crippen LogP contribution in [0.4, 0.5) is 10.1 Å². The number of nitrogens with zero attached hydrogens (tertiary/aromatic N) is 3. The van der Waals surface area contributed by atoms with Gasteiger partial charge in [0, 0.05) is 4.47 Å². The van der Waals surface area contributed by atoms with Crippen LogP contribution in [0, 0.1) is 5.82 Å². The molecule has 5 nitrogen and oxygen atoms in total. The zero-order valence-electron chi connectivity index (χ0n) is 8.60. The predicted octanol–water partition coefficient (Wildman–Crippen LogP) is 1.82. The van der Waals surface area contributed by atoms with E-state index in [-0.39, 0.29) is 18.1 Å². The summed E-state index contributed by atoms with van der Waals surface area (Å²) in [5.74, 6) is -0.858. The number of hydrogen-bond donors (Lipinski definition) is 1. The number of hydrogen-bond acceptors (Lipinski definition) is 3. The topological polar surface area (TPSA) is 59.8 Å². The van der Waals surface area contributed by atoms with E-state index in [2.05, 4.69) is 31.3 Å². The first-order chi connectivity index (χ1) is 8.15. The van der Waals surface area contributed by atoms with Gasteiger partial charge >= 0.3 is 0 Å². The third-order valence-electron chi connectivity index (χ3n) is 1.98. The Morgan fingerprint density at radius 3 is 3.00 bits per heavy atom. The monoisotopic (exact) mass is 298 g/mol. The lowest BCUT2D eigenvalue weighted by atomic mass is 10.3. The zero-order valence-corrected chi connectivity index (χ0v) is 10.2. The average molecular weight is 299 g/mol. The fraction of sp³-hybridized carbons (Fsp3) is 0.100. The number of aromatic nitrogens is 3. The molecule has 0 aliphatic carbocycles. The fourth-order valence-corrected chi connectivity index (χ4v) is 1.58. The van der Waals surface area contributed by atoms with E-state index in [0.29, 0.717) is 4.47 Å². The van der Waals surface area contributed by atoms with Gasteiger partial charge in [-0.1, -0.05) is 15.9 Å². The van der Waals surface area contributed by atoms with Gasteiger partial charge in [0.05, 0.1) is 5.69 Å². The molecule has 1 N–H and O–H groups in total. The molecule has 0 radical (unpaired) electrons.